The summed E-state index contributed by atoms with van der Waals surface area (Å²) in [4.78, 5) is 32.9. The molecule has 0 spiro atoms. The number of methoxy groups -OCH3 is 1. The van der Waals surface area contributed by atoms with Gasteiger partial charge in [-0.25, -0.2) is 18.7 Å². The summed E-state index contributed by atoms with van der Waals surface area (Å²) in [5, 5.41) is 2.19. The fraction of sp³-hybridized carbons (Fsp3) is 0.100. The Hall–Kier alpha value is -3.39. The van der Waals surface area contributed by atoms with Gasteiger partial charge in [-0.15, -0.1) is 0 Å². The number of nitrogens with zero attached hydrogens (tertiary/aromatic N) is 2. The van der Waals surface area contributed by atoms with E-state index in [2.05, 4.69) is 15.3 Å². The third kappa shape index (κ3) is 4.72. The van der Waals surface area contributed by atoms with Crippen LogP contribution < -0.4 is 10.1 Å². The monoisotopic (exact) mass is 417 g/mol. The van der Waals surface area contributed by atoms with E-state index in [1.807, 2.05) is 0 Å². The molecule has 0 radical (unpaired) electrons. The minimum absolute atomic E-state index is 0.0111. The minimum atomic E-state index is -0.926. The van der Waals surface area contributed by atoms with Gasteiger partial charge >= 0.3 is 0 Å². The highest BCUT2D eigenvalue weighted by molar-refractivity contribution is 6.28. The standard InChI is InChI=1S/C20H14ClF2N3O3/c1-29-17-6-5-11(16(27)10-12-7-8-24-20(21)25-12)9-13(17)19(28)26-18-14(22)3-2-4-15(18)23/h2-9H,10H2,1H3,(H,26,28). The van der Waals surface area contributed by atoms with Crippen molar-refractivity contribution in [1.29, 1.82) is 0 Å². The molecule has 0 fully saturated rings. The largest absolute Gasteiger partial charge is 0.496 e. The lowest BCUT2D eigenvalue weighted by atomic mass is 10.0. The number of ketones is 1. The molecule has 148 valence electrons. The number of rotatable bonds is 6. The van der Waals surface area contributed by atoms with Crippen molar-refractivity contribution in [1.82, 2.24) is 9.97 Å². The lowest BCUT2D eigenvalue weighted by Gasteiger charge is -2.12. The van der Waals surface area contributed by atoms with Crippen LogP contribution in [0, 0.1) is 11.6 Å². The van der Waals surface area contributed by atoms with Crippen LogP contribution in [-0.4, -0.2) is 28.8 Å². The number of amides is 1. The van der Waals surface area contributed by atoms with E-state index in [0.717, 1.165) is 12.1 Å². The number of carbonyl (C=O) groups is 2. The third-order valence-corrected chi connectivity index (χ3v) is 4.18. The number of anilines is 1. The topological polar surface area (TPSA) is 81.2 Å². The molecule has 3 rings (SSSR count). The number of halogens is 3. The summed E-state index contributed by atoms with van der Waals surface area (Å²) in [5.41, 5.74) is -0.0430. The third-order valence-electron chi connectivity index (χ3n) is 3.99. The van der Waals surface area contributed by atoms with Crippen molar-refractivity contribution in [3.8, 4) is 5.75 Å². The second kappa shape index (κ2) is 8.74. The highest BCUT2D eigenvalue weighted by Gasteiger charge is 2.19. The molecule has 0 aliphatic rings. The Morgan fingerprint density at radius 1 is 1.14 bits per heavy atom. The maximum absolute atomic E-state index is 13.8. The average molecular weight is 418 g/mol. The van der Waals surface area contributed by atoms with Crippen LogP contribution in [0.2, 0.25) is 5.28 Å². The Labute approximate surface area is 169 Å². The number of nitrogens with one attached hydrogen (secondary N) is 1. The summed E-state index contributed by atoms with van der Waals surface area (Å²) < 4.78 is 32.8. The van der Waals surface area contributed by atoms with E-state index >= 15 is 0 Å². The van der Waals surface area contributed by atoms with Crippen molar-refractivity contribution in [3.63, 3.8) is 0 Å². The fourth-order valence-electron chi connectivity index (χ4n) is 2.59. The molecular weight excluding hydrogens is 404 g/mol. The van der Waals surface area contributed by atoms with Gasteiger partial charge in [-0.1, -0.05) is 6.07 Å². The summed E-state index contributed by atoms with van der Waals surface area (Å²) in [6.07, 6.45) is 1.35. The molecule has 3 aromatic rings. The molecular formula is C20H14ClF2N3O3. The number of para-hydroxylation sites is 1. The van der Waals surface area contributed by atoms with Gasteiger partial charge in [0, 0.05) is 11.8 Å². The van der Waals surface area contributed by atoms with Gasteiger partial charge < -0.3 is 10.1 Å². The first-order valence-corrected chi connectivity index (χ1v) is 8.71. The average Bonchev–Trinajstić information content (AvgIpc) is 2.70. The number of ether oxygens (including phenoxy) is 1. The quantitative estimate of drug-likeness (QED) is 0.482. The van der Waals surface area contributed by atoms with E-state index < -0.39 is 23.2 Å². The molecule has 1 amide bonds. The minimum Gasteiger partial charge on any atom is -0.496 e. The number of hydrogen-bond acceptors (Lipinski definition) is 5. The van der Waals surface area contributed by atoms with Crippen LogP contribution in [0.1, 0.15) is 26.4 Å². The molecule has 0 aliphatic heterocycles. The van der Waals surface area contributed by atoms with Crippen LogP contribution in [0.15, 0.2) is 48.7 Å². The van der Waals surface area contributed by atoms with Crippen molar-refractivity contribution < 1.29 is 23.1 Å². The van der Waals surface area contributed by atoms with Crippen molar-refractivity contribution in [2.45, 2.75) is 6.42 Å². The fourth-order valence-corrected chi connectivity index (χ4v) is 2.76. The SMILES string of the molecule is COc1ccc(C(=O)Cc2ccnc(Cl)n2)cc1C(=O)Nc1c(F)cccc1F. The van der Waals surface area contributed by atoms with Gasteiger partial charge in [0.05, 0.1) is 24.8 Å². The van der Waals surface area contributed by atoms with E-state index in [1.165, 1.54) is 37.6 Å². The molecule has 9 heteroatoms. The van der Waals surface area contributed by atoms with Gasteiger partial charge in [-0.05, 0) is 48.0 Å². The van der Waals surface area contributed by atoms with Gasteiger partial charge in [0.15, 0.2) is 5.78 Å². The first-order valence-electron chi connectivity index (χ1n) is 8.33. The molecule has 0 aliphatic carbocycles. The van der Waals surface area contributed by atoms with E-state index in [-0.39, 0.29) is 34.4 Å². The number of hydrogen-bond donors (Lipinski definition) is 1. The molecule has 0 saturated heterocycles. The Bertz CT molecular complexity index is 1070. The van der Waals surface area contributed by atoms with Gasteiger partial charge in [0.25, 0.3) is 5.91 Å². The first kappa shape index (κ1) is 20.3. The summed E-state index contributed by atoms with van der Waals surface area (Å²) >= 11 is 5.72. The lowest BCUT2D eigenvalue weighted by Crippen LogP contribution is -2.16. The molecule has 0 unspecified atom stereocenters. The summed E-state index contributed by atoms with van der Waals surface area (Å²) in [6.45, 7) is 0. The highest BCUT2D eigenvalue weighted by atomic mass is 35.5. The van der Waals surface area contributed by atoms with Crippen LogP contribution in [0.4, 0.5) is 14.5 Å². The van der Waals surface area contributed by atoms with E-state index in [4.69, 9.17) is 16.3 Å². The molecule has 6 nitrogen and oxygen atoms in total. The zero-order valence-electron chi connectivity index (χ0n) is 15.1. The number of carbonyl (C=O) groups excluding carboxylic acids is 2. The van der Waals surface area contributed by atoms with Crippen molar-refractivity contribution in [2.75, 3.05) is 12.4 Å². The zero-order valence-corrected chi connectivity index (χ0v) is 15.8. The molecule has 0 atom stereocenters. The van der Waals surface area contributed by atoms with Crippen molar-refractivity contribution in [3.05, 3.63) is 82.4 Å². The molecule has 0 saturated carbocycles. The van der Waals surface area contributed by atoms with Crippen molar-refractivity contribution in [2.24, 2.45) is 0 Å². The number of aromatic nitrogens is 2. The summed E-state index contributed by atoms with van der Waals surface area (Å²) in [6, 6.07) is 8.95. The Morgan fingerprint density at radius 3 is 2.52 bits per heavy atom. The van der Waals surface area contributed by atoms with Gasteiger partial charge in [-0.3, -0.25) is 9.59 Å². The Balaban J connectivity index is 1.88. The predicted octanol–water partition coefficient (Wildman–Crippen LogP) is 4.09. The maximum Gasteiger partial charge on any atom is 0.259 e. The molecule has 29 heavy (non-hydrogen) atoms. The van der Waals surface area contributed by atoms with Gasteiger partial charge in [0.1, 0.15) is 23.1 Å². The number of Topliss-reactive ketones (excluding diaryl/α,β-unsaturated/α-hetero) is 1. The molecule has 1 heterocycles. The van der Waals surface area contributed by atoms with Crippen LogP contribution in [0.3, 0.4) is 0 Å². The molecule has 1 N–H and O–H groups in total. The molecule has 0 bridgehead atoms. The highest BCUT2D eigenvalue weighted by Crippen LogP contribution is 2.24. The normalized spacial score (nSPS) is 10.5. The smallest absolute Gasteiger partial charge is 0.259 e. The molecule has 1 aromatic heterocycles. The van der Waals surface area contributed by atoms with E-state index in [9.17, 15) is 18.4 Å². The second-order valence-electron chi connectivity index (χ2n) is 5.88. The zero-order chi connectivity index (χ0) is 21.0. The van der Waals surface area contributed by atoms with E-state index in [1.54, 1.807) is 6.07 Å². The van der Waals surface area contributed by atoms with Gasteiger partial charge in [-0.2, -0.15) is 0 Å². The Morgan fingerprint density at radius 2 is 1.86 bits per heavy atom. The van der Waals surface area contributed by atoms with Crippen LogP contribution in [-0.2, 0) is 6.42 Å². The lowest BCUT2D eigenvalue weighted by molar-refractivity contribution is 0.0992. The Kier molecular flexibility index (Phi) is 6.13. The maximum atomic E-state index is 13.8. The van der Waals surface area contributed by atoms with E-state index in [0.29, 0.717) is 5.69 Å². The van der Waals surface area contributed by atoms with Gasteiger partial charge in [0.2, 0.25) is 5.28 Å². The molecule has 2 aromatic carbocycles. The van der Waals surface area contributed by atoms with Crippen LogP contribution in [0.5, 0.6) is 5.75 Å². The predicted molar refractivity (Wildman–Crippen MR) is 102 cm³/mol. The summed E-state index contributed by atoms with van der Waals surface area (Å²) in [7, 11) is 1.33. The van der Waals surface area contributed by atoms with Crippen LogP contribution in [0.25, 0.3) is 0 Å². The first-order chi connectivity index (χ1) is 13.9. The summed E-state index contributed by atoms with van der Waals surface area (Å²) in [5.74, 6) is -2.88. The van der Waals surface area contributed by atoms with Crippen LogP contribution >= 0.6 is 11.6 Å². The second-order valence-corrected chi connectivity index (χ2v) is 6.22. The number of benzene rings is 2. The van der Waals surface area contributed by atoms with Crippen molar-refractivity contribution >= 4 is 29.0 Å².